The maximum Gasteiger partial charge on any atom is 1.00 e. The molecule has 0 aliphatic rings. The molecule has 30 heavy (non-hydrogen) atoms. The molecule has 0 heterocycles. The number of sulfone groups is 1. The molecule has 4 N–H and O–H groups in total. The summed E-state index contributed by atoms with van der Waals surface area (Å²) in [6, 6.07) is 7.20. The predicted octanol–water partition coefficient (Wildman–Crippen LogP) is -1.89. The number of nitrogens with zero attached hydrogens (tertiary/aromatic N) is 3. The minimum absolute atomic E-state index is 0. The van der Waals surface area contributed by atoms with Crippen LogP contribution in [0.1, 0.15) is 6.92 Å². The predicted molar refractivity (Wildman–Crippen MR) is 103 cm³/mol. The third-order valence-corrected chi connectivity index (χ3v) is 6.11. The third-order valence-electron chi connectivity index (χ3n) is 3.49. The van der Waals surface area contributed by atoms with Crippen LogP contribution in [0.15, 0.2) is 61.4 Å². The molecule has 0 radical (unpaired) electrons. The number of hydrogen-bond acceptors (Lipinski definition) is 10. The Balaban J connectivity index is 0.00000450. The molecule has 156 valence electrons. The quantitative estimate of drug-likeness (QED) is 0.106. The Hall–Kier alpha value is -1.87. The summed E-state index contributed by atoms with van der Waals surface area (Å²) in [5.41, 5.74) is 5.25. The summed E-state index contributed by atoms with van der Waals surface area (Å²) in [4.78, 5) is 3.03. The standard InChI is InChI=1S/C16H18N4O7S2.Na/c1-10(22)18-14-8-13(17)16(29(25,26)27)9-15(14)20-19-11-2-4-12(5-3-11)28(23,24)7-6-21;/h2-5,8-9,21H,6-7,17H2,1H3,(H,18,22)(H,25,26,27);/q;+1/p-1. The minimum atomic E-state index is -4.65. The average molecular weight is 464 g/mol. The van der Waals surface area contributed by atoms with E-state index in [2.05, 4.69) is 15.2 Å². The van der Waals surface area contributed by atoms with Crippen molar-refractivity contribution in [3.05, 3.63) is 36.4 Å². The Morgan fingerprint density at radius 2 is 1.67 bits per heavy atom. The van der Waals surface area contributed by atoms with Crippen LogP contribution in [0.25, 0.3) is 0 Å². The van der Waals surface area contributed by atoms with Gasteiger partial charge in [0.05, 0.1) is 34.3 Å². The second-order valence-electron chi connectivity index (χ2n) is 5.72. The fraction of sp³-hybridized carbons (Fsp3) is 0.188. The van der Waals surface area contributed by atoms with Crippen LogP contribution in [0.5, 0.6) is 0 Å². The number of aliphatic hydroxyl groups excluding tert-OH is 1. The van der Waals surface area contributed by atoms with Crippen molar-refractivity contribution in [2.24, 2.45) is 15.2 Å². The summed E-state index contributed by atoms with van der Waals surface area (Å²) < 4.78 is 55.9. The van der Waals surface area contributed by atoms with Gasteiger partial charge in [-0.2, -0.15) is 13.5 Å². The summed E-state index contributed by atoms with van der Waals surface area (Å²) in [5, 5.41) is 27.8. The first kappa shape index (κ1) is 26.2. The van der Waals surface area contributed by atoms with E-state index in [1.807, 2.05) is 0 Å². The van der Waals surface area contributed by atoms with Crippen LogP contribution in [-0.4, -0.2) is 44.8 Å². The van der Waals surface area contributed by atoms with Crippen LogP contribution in [0, 0.1) is 0 Å². The van der Waals surface area contributed by atoms with Gasteiger partial charge in [0.1, 0.15) is 10.6 Å². The van der Waals surface area contributed by atoms with Gasteiger partial charge in [-0.15, -0.1) is 5.11 Å². The maximum atomic E-state index is 11.9. The van der Waals surface area contributed by atoms with Crippen LogP contribution in [0.3, 0.4) is 0 Å². The van der Waals surface area contributed by atoms with E-state index in [1.54, 1.807) is 0 Å². The monoisotopic (exact) mass is 464 g/mol. The Kier molecular flexibility index (Phi) is 9.10. The maximum absolute atomic E-state index is 11.9. The first-order chi connectivity index (χ1) is 13.4. The van der Waals surface area contributed by atoms with Gasteiger partial charge in [-0.05, 0) is 49.2 Å². The van der Waals surface area contributed by atoms with Crippen LogP contribution in [0.2, 0.25) is 0 Å². The van der Waals surface area contributed by atoms with Gasteiger partial charge in [0.25, 0.3) is 10.1 Å². The molecule has 0 unspecified atom stereocenters. The molecule has 0 amide bonds. The third kappa shape index (κ3) is 6.84. The number of rotatable bonds is 7. The summed E-state index contributed by atoms with van der Waals surface area (Å²) in [6.07, 6.45) is 0. The van der Waals surface area contributed by atoms with Crippen molar-refractivity contribution in [2.45, 2.75) is 16.7 Å². The molecule has 0 aliphatic carbocycles. The van der Waals surface area contributed by atoms with Crippen LogP contribution in [-0.2, 0) is 20.0 Å². The second kappa shape index (κ2) is 10.4. The van der Waals surface area contributed by atoms with Gasteiger partial charge < -0.3 is 15.9 Å². The fourth-order valence-electron chi connectivity index (χ4n) is 2.21. The Morgan fingerprint density at radius 3 is 2.17 bits per heavy atom. The zero-order chi connectivity index (χ0) is 21.8. The van der Waals surface area contributed by atoms with E-state index in [4.69, 9.17) is 10.8 Å². The van der Waals surface area contributed by atoms with Crippen molar-refractivity contribution in [1.82, 2.24) is 0 Å². The molecule has 11 nitrogen and oxygen atoms in total. The first-order valence-electron chi connectivity index (χ1n) is 7.93. The van der Waals surface area contributed by atoms with Crippen LogP contribution in [0.4, 0.5) is 22.7 Å². The number of benzene rings is 2. The molecule has 0 fully saturated rings. The zero-order valence-electron chi connectivity index (χ0n) is 16.0. The first-order valence-corrected chi connectivity index (χ1v) is 11.0. The van der Waals surface area contributed by atoms with Crippen molar-refractivity contribution in [2.75, 3.05) is 18.1 Å². The zero-order valence-corrected chi connectivity index (χ0v) is 19.7. The van der Waals surface area contributed by atoms with Crippen LogP contribution < -0.4 is 40.4 Å². The van der Waals surface area contributed by atoms with Crippen molar-refractivity contribution in [1.29, 1.82) is 0 Å². The van der Waals surface area contributed by atoms with E-state index in [0.29, 0.717) is 0 Å². The molecule has 2 rings (SSSR count). The van der Waals surface area contributed by atoms with Gasteiger partial charge in [-0.3, -0.25) is 9.55 Å². The summed E-state index contributed by atoms with van der Waals surface area (Å²) in [5.74, 6) is -1.02. The van der Waals surface area contributed by atoms with Gasteiger partial charge in [-0.1, -0.05) is 0 Å². The van der Waals surface area contributed by atoms with E-state index in [9.17, 15) is 26.5 Å². The van der Waals surface area contributed by atoms with Gasteiger partial charge in [0.2, 0.25) is 0 Å². The van der Waals surface area contributed by atoms with Gasteiger partial charge >= 0.3 is 29.6 Å². The van der Waals surface area contributed by atoms with Crippen molar-refractivity contribution >= 4 is 48.6 Å². The SMILES string of the molecule is CC([O-])=Nc1cc(N)c(S(=O)(=O)O)cc1N=Nc1ccc(S(=O)(=O)CCO)cc1.[Na+]. The Bertz CT molecular complexity index is 1170. The molecule has 2 aromatic rings. The number of nitrogen functional groups attached to an aromatic ring is 1. The van der Waals surface area contributed by atoms with Gasteiger partial charge in [0, 0.05) is 0 Å². The van der Waals surface area contributed by atoms with Gasteiger partial charge in [0.15, 0.2) is 9.84 Å². The molecule has 0 aliphatic heterocycles. The van der Waals surface area contributed by atoms with Crippen LogP contribution >= 0.6 is 0 Å². The summed E-state index contributed by atoms with van der Waals surface area (Å²) in [7, 11) is -8.28. The largest absolute Gasteiger partial charge is 1.00 e. The van der Waals surface area contributed by atoms with Crippen molar-refractivity contribution < 1.29 is 61.2 Å². The van der Waals surface area contributed by atoms with Crippen molar-refractivity contribution in [3.8, 4) is 0 Å². The number of aliphatic imine (C=N–C) groups is 1. The fourth-order valence-corrected chi connectivity index (χ4v) is 3.85. The average Bonchev–Trinajstić information content (AvgIpc) is 2.59. The molecule has 0 saturated carbocycles. The number of nitrogens with two attached hydrogens (primary N) is 1. The number of aliphatic hydroxyl groups is 1. The van der Waals surface area contributed by atoms with E-state index in [-0.39, 0.29) is 57.2 Å². The summed E-state index contributed by atoms with van der Waals surface area (Å²) >= 11 is 0. The van der Waals surface area contributed by atoms with E-state index >= 15 is 0 Å². The molecule has 14 heteroatoms. The summed E-state index contributed by atoms with van der Waals surface area (Å²) in [6.45, 7) is 0.652. The van der Waals surface area contributed by atoms with E-state index < -0.39 is 43.1 Å². The Morgan fingerprint density at radius 1 is 1.07 bits per heavy atom. The van der Waals surface area contributed by atoms with Gasteiger partial charge in [-0.25, -0.2) is 8.42 Å². The molecular formula is C16H17N4NaO7S2. The molecule has 2 aromatic carbocycles. The van der Waals surface area contributed by atoms with Crippen molar-refractivity contribution in [3.63, 3.8) is 0 Å². The molecule has 0 aromatic heterocycles. The number of anilines is 1. The van der Waals surface area contributed by atoms with E-state index in [0.717, 1.165) is 12.1 Å². The molecule has 0 spiro atoms. The molecule has 0 saturated heterocycles. The normalized spacial score (nSPS) is 12.7. The Labute approximate surface area is 195 Å². The van der Waals surface area contributed by atoms with E-state index in [1.165, 1.54) is 31.2 Å². The number of hydrogen-bond donors (Lipinski definition) is 3. The molecule has 0 atom stereocenters. The molecule has 0 bridgehead atoms. The number of azo groups is 1. The molecular weight excluding hydrogens is 447 g/mol. The second-order valence-corrected chi connectivity index (χ2v) is 9.22. The smallest absolute Gasteiger partial charge is 0.862 e. The minimum Gasteiger partial charge on any atom is -0.862 e. The topological polar surface area (TPSA) is 195 Å².